The van der Waals surface area contributed by atoms with Crippen molar-refractivity contribution in [2.45, 2.75) is 25.4 Å². The molecule has 2 radical (unpaired) electrons. The van der Waals surface area contributed by atoms with Crippen molar-refractivity contribution in [2.75, 3.05) is 26.2 Å². The zero-order chi connectivity index (χ0) is 8.81. The van der Waals surface area contributed by atoms with Crippen LogP contribution in [0.15, 0.2) is 0 Å². The summed E-state index contributed by atoms with van der Waals surface area (Å²) in [6.45, 7) is 3.67. The van der Waals surface area contributed by atoms with Crippen molar-refractivity contribution in [1.29, 1.82) is 0 Å². The van der Waals surface area contributed by atoms with Crippen LogP contribution in [0.25, 0.3) is 0 Å². The van der Waals surface area contributed by atoms with Gasteiger partial charge in [0.2, 0.25) is 0 Å². The van der Waals surface area contributed by atoms with Crippen LogP contribution >= 0.6 is 0 Å². The van der Waals surface area contributed by atoms with E-state index in [1.54, 1.807) is 0 Å². The fourth-order valence-corrected chi connectivity index (χ4v) is 1.51. The molecule has 0 aromatic heterocycles. The second kappa shape index (κ2) is 5.51. The lowest BCUT2D eigenvalue weighted by Crippen LogP contribution is -2.36. The van der Waals surface area contributed by atoms with E-state index in [1.165, 1.54) is 0 Å². The Morgan fingerprint density at radius 3 is 2.67 bits per heavy atom. The minimum atomic E-state index is -0.0768. The summed E-state index contributed by atoms with van der Waals surface area (Å²) in [5.74, 6) is 0. The van der Waals surface area contributed by atoms with E-state index >= 15 is 0 Å². The predicted molar refractivity (Wildman–Crippen MR) is 46.5 cm³/mol. The topological polar surface area (TPSA) is 32.7 Å². The summed E-state index contributed by atoms with van der Waals surface area (Å²) in [5.41, 5.74) is 0. The van der Waals surface area contributed by atoms with E-state index in [2.05, 4.69) is 9.64 Å². The van der Waals surface area contributed by atoms with Gasteiger partial charge in [-0.05, 0) is 19.3 Å². The number of aliphatic hydroxyl groups excluding tert-OH is 1. The lowest BCUT2D eigenvalue weighted by Gasteiger charge is -2.29. The Balaban J connectivity index is 2.01. The molecule has 0 atom stereocenters. The number of nitrogens with zero attached hydrogens (tertiary/aromatic N) is 1. The van der Waals surface area contributed by atoms with Gasteiger partial charge in [0.25, 0.3) is 0 Å². The van der Waals surface area contributed by atoms with Gasteiger partial charge in [0.15, 0.2) is 0 Å². The number of hydrogen-bond donors (Lipinski definition) is 1. The van der Waals surface area contributed by atoms with E-state index in [9.17, 15) is 5.11 Å². The first-order valence-corrected chi connectivity index (χ1v) is 4.55. The van der Waals surface area contributed by atoms with Crippen LogP contribution in [0.1, 0.15) is 19.3 Å². The average Bonchev–Trinajstić information content (AvgIpc) is 2.09. The van der Waals surface area contributed by atoms with Gasteiger partial charge in [-0.3, -0.25) is 0 Å². The molecular formula is C9H17NO2. The number of aliphatic hydroxyl groups is 1. The maximum atomic E-state index is 9.23. The molecule has 12 heavy (non-hydrogen) atoms. The summed E-state index contributed by atoms with van der Waals surface area (Å²) < 4.78 is 4.48. The van der Waals surface area contributed by atoms with Crippen molar-refractivity contribution in [3.63, 3.8) is 0 Å². The molecule has 1 saturated heterocycles. The summed E-state index contributed by atoms with van der Waals surface area (Å²) >= 11 is 0. The summed E-state index contributed by atoms with van der Waals surface area (Å²) in [4.78, 5) is 2.34. The molecule has 3 heteroatoms. The van der Waals surface area contributed by atoms with Crippen LogP contribution in [0.3, 0.4) is 0 Å². The standard InChI is InChI=1S/C9H17NO2/c1-12-8-2-5-10-6-3-9(11)4-7-10/h1,9,11H,2-8H2. The molecule has 1 heterocycles. The number of ether oxygens (including phenoxy) is 1. The molecule has 0 aromatic carbocycles. The van der Waals surface area contributed by atoms with E-state index < -0.39 is 0 Å². The molecule has 3 nitrogen and oxygen atoms in total. The molecule has 0 aromatic rings. The normalized spacial score (nSPS) is 21.5. The third kappa shape index (κ3) is 3.52. The molecule has 0 amide bonds. The third-order valence-electron chi connectivity index (χ3n) is 2.29. The first-order chi connectivity index (χ1) is 5.83. The van der Waals surface area contributed by atoms with Crippen LogP contribution in [-0.2, 0) is 4.74 Å². The van der Waals surface area contributed by atoms with Crippen LogP contribution in [0.5, 0.6) is 0 Å². The molecule has 0 aliphatic carbocycles. The fraction of sp³-hybridized carbons (Fsp3) is 0.889. The monoisotopic (exact) mass is 171 g/mol. The Kier molecular flexibility index (Phi) is 4.58. The smallest absolute Gasteiger partial charge is 0.115 e. The Morgan fingerprint density at radius 1 is 1.42 bits per heavy atom. The molecule has 70 valence electrons. The SMILES string of the molecule is [CH]OCCCN1CCC(O)CC1. The molecular weight excluding hydrogens is 154 g/mol. The Hall–Kier alpha value is -0.120. The highest BCUT2D eigenvalue weighted by Crippen LogP contribution is 2.09. The molecule has 1 aliphatic heterocycles. The van der Waals surface area contributed by atoms with E-state index in [-0.39, 0.29) is 6.10 Å². The summed E-state index contributed by atoms with van der Waals surface area (Å²) in [7, 11) is 4.91. The molecule has 1 fully saturated rings. The van der Waals surface area contributed by atoms with Crippen molar-refractivity contribution in [3.8, 4) is 0 Å². The van der Waals surface area contributed by atoms with Crippen molar-refractivity contribution in [1.82, 2.24) is 4.90 Å². The van der Waals surface area contributed by atoms with Crippen LogP contribution in [-0.4, -0.2) is 42.4 Å². The minimum Gasteiger partial charge on any atom is -0.393 e. The first-order valence-electron chi connectivity index (χ1n) is 4.55. The molecule has 1 rings (SSSR count). The molecule has 0 saturated carbocycles. The van der Waals surface area contributed by atoms with Gasteiger partial charge in [0, 0.05) is 26.2 Å². The summed E-state index contributed by atoms with van der Waals surface area (Å²) in [6.07, 6.45) is 2.71. The van der Waals surface area contributed by atoms with Gasteiger partial charge in [0.1, 0.15) is 7.11 Å². The van der Waals surface area contributed by atoms with E-state index in [4.69, 9.17) is 7.11 Å². The van der Waals surface area contributed by atoms with Crippen molar-refractivity contribution in [2.24, 2.45) is 0 Å². The molecule has 0 unspecified atom stereocenters. The lowest BCUT2D eigenvalue weighted by atomic mass is 10.1. The maximum Gasteiger partial charge on any atom is 0.115 e. The molecule has 1 aliphatic rings. The third-order valence-corrected chi connectivity index (χ3v) is 2.29. The van der Waals surface area contributed by atoms with Gasteiger partial charge >= 0.3 is 0 Å². The number of piperidine rings is 1. The minimum absolute atomic E-state index is 0.0768. The van der Waals surface area contributed by atoms with Gasteiger partial charge in [-0.15, -0.1) is 0 Å². The zero-order valence-electron chi connectivity index (χ0n) is 7.41. The van der Waals surface area contributed by atoms with Crippen LogP contribution in [0.2, 0.25) is 0 Å². The Bertz CT molecular complexity index is 111. The fourth-order valence-electron chi connectivity index (χ4n) is 1.51. The highest BCUT2D eigenvalue weighted by atomic mass is 16.5. The largest absolute Gasteiger partial charge is 0.393 e. The predicted octanol–water partition coefficient (Wildman–Crippen LogP) is 0.518. The summed E-state index contributed by atoms with van der Waals surface area (Å²) in [5, 5.41) is 9.23. The van der Waals surface area contributed by atoms with Crippen LogP contribution in [0.4, 0.5) is 0 Å². The summed E-state index contributed by atoms with van der Waals surface area (Å²) in [6, 6.07) is 0. The molecule has 0 spiro atoms. The van der Waals surface area contributed by atoms with E-state index in [0.717, 1.165) is 38.9 Å². The number of hydrogen-bond acceptors (Lipinski definition) is 3. The average molecular weight is 171 g/mol. The van der Waals surface area contributed by atoms with Crippen molar-refractivity contribution in [3.05, 3.63) is 7.11 Å². The second-order valence-electron chi connectivity index (χ2n) is 3.30. The van der Waals surface area contributed by atoms with Gasteiger partial charge < -0.3 is 14.7 Å². The molecule has 1 N–H and O–H groups in total. The number of likely N-dealkylation sites (tertiary alicyclic amines) is 1. The Morgan fingerprint density at radius 2 is 2.08 bits per heavy atom. The number of rotatable bonds is 4. The lowest BCUT2D eigenvalue weighted by molar-refractivity contribution is 0.0785. The van der Waals surface area contributed by atoms with E-state index in [1.807, 2.05) is 0 Å². The van der Waals surface area contributed by atoms with Crippen LogP contribution in [0, 0.1) is 7.11 Å². The van der Waals surface area contributed by atoms with Crippen LogP contribution < -0.4 is 0 Å². The quantitative estimate of drug-likeness (QED) is 0.626. The highest BCUT2D eigenvalue weighted by Gasteiger charge is 2.15. The van der Waals surface area contributed by atoms with E-state index in [0.29, 0.717) is 6.61 Å². The highest BCUT2D eigenvalue weighted by molar-refractivity contribution is 4.70. The zero-order valence-corrected chi connectivity index (χ0v) is 7.41. The molecule has 0 bridgehead atoms. The van der Waals surface area contributed by atoms with Gasteiger partial charge in [-0.25, -0.2) is 0 Å². The van der Waals surface area contributed by atoms with Gasteiger partial charge in [-0.2, -0.15) is 0 Å². The maximum absolute atomic E-state index is 9.23. The van der Waals surface area contributed by atoms with Crippen molar-refractivity contribution < 1.29 is 9.84 Å². The van der Waals surface area contributed by atoms with Gasteiger partial charge in [-0.1, -0.05) is 0 Å². The van der Waals surface area contributed by atoms with Crippen molar-refractivity contribution >= 4 is 0 Å². The van der Waals surface area contributed by atoms with Gasteiger partial charge in [0.05, 0.1) is 6.10 Å². The Labute approximate surface area is 74.3 Å². The second-order valence-corrected chi connectivity index (χ2v) is 3.30. The first kappa shape index (κ1) is 9.96.